The fourth-order valence-electron chi connectivity index (χ4n) is 4.40. The number of nitrogens with one attached hydrogen (secondary N) is 1. The summed E-state index contributed by atoms with van der Waals surface area (Å²) in [5.74, 6) is -0.321. The number of phosphoric ester groups is 5. The largest absolute Gasteiger partial charge is 0.470 e. The minimum absolute atomic E-state index is 0.0465. The molecule has 47 heavy (non-hydrogen) atoms. The molecule has 4 atom stereocenters. The van der Waals surface area contributed by atoms with Crippen LogP contribution in [0.5, 0.6) is 0 Å². The first-order valence-electron chi connectivity index (χ1n) is 13.0. The van der Waals surface area contributed by atoms with Crippen LogP contribution in [0, 0.1) is 0 Å². The Morgan fingerprint density at radius 1 is 0.532 bits per heavy atom. The van der Waals surface area contributed by atoms with Gasteiger partial charge >= 0.3 is 39.1 Å². The third-order valence-electron chi connectivity index (χ3n) is 5.94. The molecule has 4 unspecified atom stereocenters. The second-order valence-electron chi connectivity index (χ2n) is 9.67. The van der Waals surface area contributed by atoms with Crippen molar-refractivity contribution in [3.8, 4) is 0 Å². The highest BCUT2D eigenvalue weighted by Gasteiger charge is 2.61. The van der Waals surface area contributed by atoms with Crippen molar-refractivity contribution in [2.75, 3.05) is 13.2 Å². The molecule has 1 saturated carbocycles. The lowest BCUT2D eigenvalue weighted by atomic mass is 9.85. The van der Waals surface area contributed by atoms with E-state index in [-0.39, 0.29) is 18.9 Å². The second-order valence-corrected chi connectivity index (χ2v) is 15.6. The lowest BCUT2D eigenvalue weighted by Crippen LogP contribution is -2.66. The van der Waals surface area contributed by atoms with E-state index in [0.29, 0.717) is 24.8 Å². The van der Waals surface area contributed by atoms with Gasteiger partial charge in [-0.2, -0.15) is 0 Å². The molecule has 1 aromatic carbocycles. The Kier molecular flexibility index (Phi) is 15.7. The van der Waals surface area contributed by atoms with Gasteiger partial charge in [-0.05, 0) is 25.0 Å². The van der Waals surface area contributed by atoms with Crippen LogP contribution in [0.3, 0.4) is 0 Å². The van der Waals surface area contributed by atoms with Gasteiger partial charge < -0.3 is 59.0 Å². The molecule has 0 saturated heterocycles. The van der Waals surface area contributed by atoms with E-state index in [1.54, 1.807) is 30.3 Å². The second kappa shape index (κ2) is 17.4. The molecule has 0 aromatic heterocycles. The minimum atomic E-state index is -5.91. The molecule has 1 aromatic rings. The number of carbonyl (C=O) groups is 1. The maximum Gasteiger partial charge on any atom is 0.470 e. The van der Waals surface area contributed by atoms with Crippen LogP contribution in [-0.2, 0) is 50.2 Å². The van der Waals surface area contributed by atoms with Gasteiger partial charge in [0.05, 0.1) is 0 Å². The van der Waals surface area contributed by atoms with Crippen LogP contribution in [-0.4, -0.2) is 105 Å². The van der Waals surface area contributed by atoms with Crippen molar-refractivity contribution in [1.82, 2.24) is 5.32 Å². The van der Waals surface area contributed by atoms with E-state index in [1.165, 1.54) is 0 Å². The molecular formula is C19H34NO22P5. The summed E-state index contributed by atoms with van der Waals surface area (Å²) in [6, 6.07) is 8.31. The van der Waals surface area contributed by atoms with E-state index >= 15 is 0 Å². The van der Waals surface area contributed by atoms with Crippen LogP contribution < -0.4 is 5.32 Å². The van der Waals surface area contributed by atoms with Gasteiger partial charge in [0.1, 0.15) is 36.6 Å². The number of rotatable bonds is 19. The van der Waals surface area contributed by atoms with E-state index < -0.39 is 82.3 Å². The number of ether oxygens (including phenoxy) is 1. The fraction of sp³-hybridized carbons (Fsp3) is 0.632. The highest BCUT2D eigenvalue weighted by molar-refractivity contribution is 7.47. The topological polar surface area (TPSA) is 372 Å². The Bertz CT molecular complexity index is 1340. The van der Waals surface area contributed by atoms with Crippen LogP contribution in [0.15, 0.2) is 30.3 Å². The number of hydrogen-bond donors (Lipinski definition) is 11. The summed E-state index contributed by atoms with van der Waals surface area (Å²) in [7, 11) is -29.3. The molecule has 1 amide bonds. The van der Waals surface area contributed by atoms with Crippen molar-refractivity contribution >= 4 is 45.0 Å². The molecule has 11 N–H and O–H groups in total. The van der Waals surface area contributed by atoms with Gasteiger partial charge in [0, 0.05) is 18.7 Å². The SMILES string of the molecule is O=C(NCCCCCCOC1C(OP(=O)(O)O)C(OP(=O)(O)O)C(OP(=O)(O)O)C(OP(=O)(O)O)C1OP(=O)(O)O)c1ccccc1. The lowest BCUT2D eigenvalue weighted by molar-refractivity contribution is -0.218. The Morgan fingerprint density at radius 3 is 1.23 bits per heavy atom. The van der Waals surface area contributed by atoms with Crippen molar-refractivity contribution in [3.63, 3.8) is 0 Å². The first-order valence-corrected chi connectivity index (χ1v) is 20.6. The molecule has 0 heterocycles. The molecule has 0 radical (unpaired) electrons. The summed E-state index contributed by atoms with van der Waals surface area (Å²) in [5, 5.41) is 2.69. The van der Waals surface area contributed by atoms with E-state index in [9.17, 15) is 76.6 Å². The first-order chi connectivity index (χ1) is 21.4. The standard InChI is InChI=1S/C19H34NO22P5/c21-19(12-8-4-3-5-9-12)20-10-6-1-2-7-11-37-13-14(38-43(22,23)24)16(40-45(28,29)30)18(42-47(34,35)36)17(41-46(31,32)33)15(13)39-44(25,26)27/h3-5,8-9,13-18H,1-2,6-7,10-11H2,(H,20,21)(H2,22,23,24)(H2,25,26,27)(H2,28,29,30)(H2,31,32,33)(H2,34,35,36). The van der Waals surface area contributed by atoms with E-state index in [1.807, 2.05) is 0 Å². The van der Waals surface area contributed by atoms with Gasteiger partial charge in [-0.3, -0.25) is 27.4 Å². The maximum atomic E-state index is 12.1. The fourth-order valence-corrected chi connectivity index (χ4v) is 7.18. The highest BCUT2D eigenvalue weighted by Crippen LogP contribution is 2.55. The average molecular weight is 783 g/mol. The zero-order valence-corrected chi connectivity index (χ0v) is 28.2. The summed E-state index contributed by atoms with van der Waals surface area (Å²) in [5.41, 5.74) is 0.433. The van der Waals surface area contributed by atoms with Gasteiger partial charge in [0.2, 0.25) is 0 Å². The van der Waals surface area contributed by atoms with E-state index in [2.05, 4.69) is 27.9 Å². The smallest absolute Gasteiger partial charge is 0.373 e. The molecule has 0 aliphatic heterocycles. The van der Waals surface area contributed by atoms with Gasteiger partial charge in [-0.15, -0.1) is 0 Å². The molecular weight excluding hydrogens is 749 g/mol. The highest BCUT2D eigenvalue weighted by atomic mass is 31.2. The molecule has 272 valence electrons. The third kappa shape index (κ3) is 16.6. The van der Waals surface area contributed by atoms with E-state index in [0.717, 1.165) is 0 Å². The average Bonchev–Trinajstić information content (AvgIpc) is 2.88. The van der Waals surface area contributed by atoms with Gasteiger partial charge in [-0.1, -0.05) is 31.0 Å². The number of phosphoric acid groups is 5. The van der Waals surface area contributed by atoms with Crippen molar-refractivity contribution in [2.24, 2.45) is 0 Å². The van der Waals surface area contributed by atoms with Crippen LogP contribution in [0.4, 0.5) is 0 Å². The normalized spacial score (nSPS) is 24.6. The summed E-state index contributed by atoms with van der Waals surface area (Å²) >= 11 is 0. The summed E-state index contributed by atoms with van der Waals surface area (Å²) in [6.45, 7) is -0.254. The monoisotopic (exact) mass is 783 g/mol. The molecule has 28 heteroatoms. The van der Waals surface area contributed by atoms with Crippen molar-refractivity contribution in [1.29, 1.82) is 0 Å². The zero-order valence-electron chi connectivity index (χ0n) is 23.7. The first kappa shape index (κ1) is 42.4. The molecule has 1 aliphatic carbocycles. The predicted molar refractivity (Wildman–Crippen MR) is 152 cm³/mol. The van der Waals surface area contributed by atoms with Crippen molar-refractivity contribution in [3.05, 3.63) is 35.9 Å². The molecule has 0 spiro atoms. The van der Waals surface area contributed by atoms with Gasteiger partial charge in [0.15, 0.2) is 0 Å². The third-order valence-corrected chi connectivity index (χ3v) is 8.53. The molecule has 1 aliphatic rings. The van der Waals surface area contributed by atoms with E-state index in [4.69, 9.17) is 4.74 Å². The van der Waals surface area contributed by atoms with Gasteiger partial charge in [0.25, 0.3) is 5.91 Å². The molecule has 1 fully saturated rings. The minimum Gasteiger partial charge on any atom is -0.373 e. The Labute approximate surface area is 265 Å². The Hall–Kier alpha value is -0.800. The molecule has 0 bridgehead atoms. The lowest BCUT2D eigenvalue weighted by Gasteiger charge is -2.48. The predicted octanol–water partition coefficient (Wildman–Crippen LogP) is -0.235. The maximum absolute atomic E-state index is 12.1. The van der Waals surface area contributed by atoms with Crippen molar-refractivity contribution in [2.45, 2.75) is 62.3 Å². The van der Waals surface area contributed by atoms with Crippen LogP contribution in [0.1, 0.15) is 36.0 Å². The number of hydrogen-bond acceptors (Lipinski definition) is 12. The zero-order chi connectivity index (χ0) is 35.8. The summed E-state index contributed by atoms with van der Waals surface area (Å²) in [6.07, 6.45) is -15.1. The quantitative estimate of drug-likeness (QED) is 0.0637. The number of amides is 1. The molecule has 23 nitrogen and oxygen atoms in total. The van der Waals surface area contributed by atoms with Crippen LogP contribution >= 0.6 is 39.1 Å². The Balaban J connectivity index is 2.36. The number of benzene rings is 1. The number of unbranched alkanes of at least 4 members (excludes halogenated alkanes) is 3. The van der Waals surface area contributed by atoms with Crippen LogP contribution in [0.2, 0.25) is 0 Å². The summed E-state index contributed by atoms with van der Waals surface area (Å²) < 4.78 is 86.7. The van der Waals surface area contributed by atoms with Gasteiger partial charge in [-0.25, -0.2) is 22.8 Å². The summed E-state index contributed by atoms with van der Waals surface area (Å²) in [4.78, 5) is 107. The Morgan fingerprint density at radius 2 is 0.872 bits per heavy atom. The van der Waals surface area contributed by atoms with Crippen molar-refractivity contribution < 1.29 is 104 Å². The number of carbonyl (C=O) groups excluding carboxylic acids is 1. The van der Waals surface area contributed by atoms with Crippen LogP contribution in [0.25, 0.3) is 0 Å². The molecule has 2 rings (SSSR count).